The molecule has 1 saturated heterocycles. The topological polar surface area (TPSA) is 52.6 Å². The van der Waals surface area contributed by atoms with Gasteiger partial charge in [0.15, 0.2) is 0 Å². The summed E-state index contributed by atoms with van der Waals surface area (Å²) in [6.07, 6.45) is 3.17. The number of amides is 1. The first kappa shape index (κ1) is 13.8. The molecule has 0 aromatic heterocycles. The van der Waals surface area contributed by atoms with Crippen LogP contribution in [0.1, 0.15) is 43.5 Å². The van der Waals surface area contributed by atoms with Crippen LogP contribution in [-0.2, 0) is 0 Å². The number of halogens is 1. The second-order valence-electron chi connectivity index (χ2n) is 5.14. The summed E-state index contributed by atoms with van der Waals surface area (Å²) in [5.41, 5.74) is 2.71. The first-order valence-electron chi connectivity index (χ1n) is 6.57. The van der Waals surface area contributed by atoms with Gasteiger partial charge in [0.25, 0.3) is 5.91 Å². The quantitative estimate of drug-likeness (QED) is 0.864. The summed E-state index contributed by atoms with van der Waals surface area (Å²) < 4.78 is 13.6. The normalized spacial score (nSPS) is 24.2. The van der Waals surface area contributed by atoms with Crippen LogP contribution in [0, 0.1) is 5.82 Å². The smallest absolute Gasteiger partial charge is 0.268 e. The first-order valence-corrected chi connectivity index (χ1v) is 6.57. The molecule has 1 heterocycles. The molecular formula is C14H19FN2O2. The van der Waals surface area contributed by atoms with Gasteiger partial charge in [-0.1, -0.05) is 6.42 Å². The van der Waals surface area contributed by atoms with E-state index in [9.17, 15) is 9.18 Å². The highest BCUT2D eigenvalue weighted by atomic mass is 19.1. The highest BCUT2D eigenvalue weighted by molar-refractivity contribution is 5.94. The van der Waals surface area contributed by atoms with Gasteiger partial charge in [-0.15, -0.1) is 0 Å². The first-order chi connectivity index (χ1) is 8.99. The van der Waals surface area contributed by atoms with E-state index in [1.54, 1.807) is 0 Å². The second kappa shape index (κ2) is 5.57. The van der Waals surface area contributed by atoms with Crippen LogP contribution in [-0.4, -0.2) is 28.1 Å². The highest BCUT2D eigenvalue weighted by Gasteiger charge is 2.27. The van der Waals surface area contributed by atoms with Crippen LogP contribution in [0.2, 0.25) is 0 Å². The lowest BCUT2D eigenvalue weighted by molar-refractivity contribution is 0.0367. The SMILES string of the molecule is CC1CCCC(C)N1NC(=O)c1ccc(O)cc1F. The molecule has 2 unspecified atom stereocenters. The minimum atomic E-state index is -0.713. The number of benzene rings is 1. The molecule has 0 spiro atoms. The summed E-state index contributed by atoms with van der Waals surface area (Å²) in [6.45, 7) is 4.09. The van der Waals surface area contributed by atoms with E-state index < -0.39 is 11.7 Å². The number of aromatic hydroxyl groups is 1. The van der Waals surface area contributed by atoms with Gasteiger partial charge in [0.05, 0.1) is 5.56 Å². The molecule has 2 rings (SSSR count). The van der Waals surface area contributed by atoms with Gasteiger partial charge in [0.1, 0.15) is 11.6 Å². The highest BCUT2D eigenvalue weighted by Crippen LogP contribution is 2.21. The maximum absolute atomic E-state index is 13.6. The van der Waals surface area contributed by atoms with Crippen LogP contribution in [0.15, 0.2) is 18.2 Å². The Hall–Kier alpha value is -1.62. The predicted molar refractivity (Wildman–Crippen MR) is 70.1 cm³/mol. The fourth-order valence-electron chi connectivity index (χ4n) is 2.51. The molecule has 4 nitrogen and oxygen atoms in total. The Labute approximate surface area is 112 Å². The Morgan fingerprint density at radius 1 is 1.37 bits per heavy atom. The molecule has 0 aliphatic carbocycles. The molecule has 1 fully saturated rings. The number of carbonyl (C=O) groups is 1. The molecule has 19 heavy (non-hydrogen) atoms. The zero-order chi connectivity index (χ0) is 14.0. The Morgan fingerprint density at radius 2 is 2.00 bits per heavy atom. The van der Waals surface area contributed by atoms with Crippen molar-refractivity contribution >= 4 is 5.91 Å². The van der Waals surface area contributed by atoms with E-state index in [1.165, 1.54) is 12.1 Å². The molecule has 0 bridgehead atoms. The molecule has 0 saturated carbocycles. The van der Waals surface area contributed by atoms with Crippen LogP contribution >= 0.6 is 0 Å². The molecule has 5 heteroatoms. The summed E-state index contributed by atoms with van der Waals surface area (Å²) in [7, 11) is 0. The molecule has 2 N–H and O–H groups in total. The van der Waals surface area contributed by atoms with Gasteiger partial charge in [-0.25, -0.2) is 9.40 Å². The molecule has 2 atom stereocenters. The van der Waals surface area contributed by atoms with Crippen LogP contribution in [0.4, 0.5) is 4.39 Å². The molecule has 1 amide bonds. The van der Waals surface area contributed by atoms with Crippen molar-refractivity contribution in [2.75, 3.05) is 0 Å². The zero-order valence-corrected chi connectivity index (χ0v) is 11.2. The van der Waals surface area contributed by atoms with Crippen molar-refractivity contribution in [2.24, 2.45) is 0 Å². The molecule has 1 aromatic carbocycles. The van der Waals surface area contributed by atoms with Crippen LogP contribution in [0.5, 0.6) is 5.75 Å². The lowest BCUT2D eigenvalue weighted by Gasteiger charge is -2.38. The van der Waals surface area contributed by atoms with E-state index in [0.29, 0.717) is 0 Å². The van der Waals surface area contributed by atoms with E-state index in [4.69, 9.17) is 5.11 Å². The molecule has 104 valence electrons. The number of rotatable bonds is 2. The largest absolute Gasteiger partial charge is 0.508 e. The third-order valence-electron chi connectivity index (χ3n) is 3.62. The Balaban J connectivity index is 2.11. The number of phenols is 1. The minimum absolute atomic E-state index is 0.0530. The average Bonchev–Trinajstić information content (AvgIpc) is 2.33. The average molecular weight is 266 g/mol. The predicted octanol–water partition coefficient (Wildman–Crippen LogP) is 2.44. The van der Waals surface area contributed by atoms with Crippen LogP contribution < -0.4 is 5.43 Å². The second-order valence-corrected chi connectivity index (χ2v) is 5.14. The van der Waals surface area contributed by atoms with E-state index in [0.717, 1.165) is 25.3 Å². The lowest BCUT2D eigenvalue weighted by Crippen LogP contribution is -2.54. The summed E-state index contributed by atoms with van der Waals surface area (Å²) >= 11 is 0. The molecule has 1 aliphatic heterocycles. The van der Waals surface area contributed by atoms with Gasteiger partial charge in [0.2, 0.25) is 0 Å². The number of nitrogens with zero attached hydrogens (tertiary/aromatic N) is 1. The van der Waals surface area contributed by atoms with Crippen molar-refractivity contribution in [1.82, 2.24) is 10.4 Å². The van der Waals surface area contributed by atoms with Gasteiger partial charge >= 0.3 is 0 Å². The fourth-order valence-corrected chi connectivity index (χ4v) is 2.51. The van der Waals surface area contributed by atoms with Gasteiger partial charge in [-0.3, -0.25) is 10.2 Å². The summed E-state index contributed by atoms with van der Waals surface area (Å²) in [5.74, 6) is -1.37. The standard InChI is InChI=1S/C14H19FN2O2/c1-9-4-3-5-10(2)17(9)16-14(19)12-7-6-11(18)8-13(12)15/h6-10,18H,3-5H2,1-2H3,(H,16,19). The van der Waals surface area contributed by atoms with E-state index in [-0.39, 0.29) is 23.4 Å². The van der Waals surface area contributed by atoms with Crippen LogP contribution in [0.25, 0.3) is 0 Å². The van der Waals surface area contributed by atoms with Crippen molar-refractivity contribution in [1.29, 1.82) is 0 Å². The van der Waals surface area contributed by atoms with Crippen molar-refractivity contribution in [3.8, 4) is 5.75 Å². The van der Waals surface area contributed by atoms with Gasteiger partial charge in [0, 0.05) is 18.2 Å². The van der Waals surface area contributed by atoms with Crippen molar-refractivity contribution in [3.05, 3.63) is 29.6 Å². The fraction of sp³-hybridized carbons (Fsp3) is 0.500. The molecule has 0 radical (unpaired) electrons. The van der Waals surface area contributed by atoms with Gasteiger partial charge in [-0.2, -0.15) is 0 Å². The lowest BCUT2D eigenvalue weighted by atomic mass is 10.00. The van der Waals surface area contributed by atoms with Crippen molar-refractivity contribution < 1.29 is 14.3 Å². The molecule has 1 aromatic rings. The summed E-state index contributed by atoms with van der Waals surface area (Å²) in [4.78, 5) is 12.1. The number of hydrogen-bond donors (Lipinski definition) is 2. The Kier molecular flexibility index (Phi) is 4.04. The molecular weight excluding hydrogens is 247 g/mol. The third-order valence-corrected chi connectivity index (χ3v) is 3.62. The van der Waals surface area contributed by atoms with E-state index in [1.807, 2.05) is 18.9 Å². The van der Waals surface area contributed by atoms with Gasteiger partial charge < -0.3 is 5.11 Å². The van der Waals surface area contributed by atoms with E-state index >= 15 is 0 Å². The molecule has 1 aliphatic rings. The van der Waals surface area contributed by atoms with E-state index in [2.05, 4.69) is 5.43 Å². The Morgan fingerprint density at radius 3 is 2.58 bits per heavy atom. The van der Waals surface area contributed by atoms with Crippen molar-refractivity contribution in [2.45, 2.75) is 45.2 Å². The summed E-state index contributed by atoms with van der Waals surface area (Å²) in [5, 5.41) is 11.0. The van der Waals surface area contributed by atoms with Crippen molar-refractivity contribution in [3.63, 3.8) is 0 Å². The number of piperidine rings is 1. The van der Waals surface area contributed by atoms with Gasteiger partial charge in [-0.05, 0) is 38.8 Å². The summed E-state index contributed by atoms with van der Waals surface area (Å²) in [6, 6.07) is 4.03. The number of hydrazine groups is 1. The zero-order valence-electron chi connectivity index (χ0n) is 11.2. The number of carbonyl (C=O) groups excluding carboxylic acids is 1. The minimum Gasteiger partial charge on any atom is -0.508 e. The number of phenolic OH excluding ortho intramolecular Hbond substituents is 1. The maximum atomic E-state index is 13.6. The number of nitrogens with one attached hydrogen (secondary N) is 1. The number of hydrogen-bond acceptors (Lipinski definition) is 3. The Bertz CT molecular complexity index is 469. The maximum Gasteiger partial charge on any atom is 0.268 e. The van der Waals surface area contributed by atoms with Crippen LogP contribution in [0.3, 0.4) is 0 Å². The monoisotopic (exact) mass is 266 g/mol. The third kappa shape index (κ3) is 3.04.